The number of likely N-dealkylation sites (N-methyl/N-ethyl adjacent to an activating group) is 1. The SMILES string of the molecule is C=N[C@@]1(COc2nc3c(c(N4CCN(C(=O)C(=C)COc5c(OC)cc(C(=O)c6c[nH]c7cc(OC)ccc67)cc5OC)[C@@H](CC#N)C4)n2)CCN(c2cccc4cccc(Cl)c24)C3)CCCN1C. The highest BCUT2D eigenvalue weighted by Gasteiger charge is 2.40. The number of nitriles is 1. The van der Waals surface area contributed by atoms with Crippen molar-refractivity contribution in [3.8, 4) is 35.1 Å². The fourth-order valence-electron chi connectivity index (χ4n) is 9.81. The van der Waals surface area contributed by atoms with E-state index in [1.165, 1.54) is 14.2 Å². The van der Waals surface area contributed by atoms with Crippen molar-refractivity contribution in [2.45, 2.75) is 43.9 Å². The number of ether oxygens (including phenoxy) is 5. The molecule has 0 bridgehead atoms. The van der Waals surface area contributed by atoms with E-state index in [0.29, 0.717) is 60.3 Å². The van der Waals surface area contributed by atoms with Gasteiger partial charge in [0.2, 0.25) is 5.75 Å². The third kappa shape index (κ3) is 8.95. The molecule has 0 spiro atoms. The number of hydrogen-bond donors (Lipinski definition) is 1. The van der Waals surface area contributed by atoms with Crippen LogP contribution in [0.1, 0.15) is 46.4 Å². The van der Waals surface area contributed by atoms with Gasteiger partial charge in [-0.1, -0.05) is 42.4 Å². The van der Waals surface area contributed by atoms with Crippen LogP contribution in [0.25, 0.3) is 21.7 Å². The number of ketones is 1. The number of likely N-dealkylation sites (tertiary alicyclic amines) is 1. The predicted molar refractivity (Wildman–Crippen MR) is 266 cm³/mol. The first kappa shape index (κ1) is 46.7. The van der Waals surface area contributed by atoms with Crippen LogP contribution in [0, 0.1) is 11.3 Å². The largest absolute Gasteiger partial charge is 0.497 e. The molecule has 0 radical (unpaired) electrons. The summed E-state index contributed by atoms with van der Waals surface area (Å²) in [4.78, 5) is 54.1. The summed E-state index contributed by atoms with van der Waals surface area (Å²) < 4.78 is 29.4. The molecule has 17 heteroatoms. The number of nitrogens with one attached hydrogen (secondary N) is 1. The molecule has 3 aliphatic heterocycles. The lowest BCUT2D eigenvalue weighted by molar-refractivity contribution is -0.130. The first-order valence-corrected chi connectivity index (χ1v) is 23.2. The van der Waals surface area contributed by atoms with Crippen molar-refractivity contribution in [3.63, 3.8) is 0 Å². The quantitative estimate of drug-likeness (QED) is 0.0571. The van der Waals surface area contributed by atoms with Gasteiger partial charge in [-0.05, 0) is 74.8 Å². The molecule has 2 fully saturated rings. The molecular formula is C52H54ClN9O7. The summed E-state index contributed by atoms with van der Waals surface area (Å²) in [6.45, 7) is 11.2. The molecule has 2 saturated heterocycles. The predicted octanol–water partition coefficient (Wildman–Crippen LogP) is 7.65. The van der Waals surface area contributed by atoms with Gasteiger partial charge in [-0.3, -0.25) is 19.5 Å². The Morgan fingerprint density at radius 1 is 0.971 bits per heavy atom. The standard InChI is InChI=1S/C52H54ClN9O7/c1-32(30-68-48-44(66-5)24-34(25-45(48)67-6)47(63)39-27-56-41-26-36(65-4)14-15-37(39)41)50(64)62-23-22-61(28-35(62)16-19-54)49-38-17-21-60(43-13-8-11-33-10-7-12-40(53)46(33)43)29-42(38)57-51(58-49)69-31-52(55-2)18-9-20-59(52)3/h7-8,10-15,24-27,35,56H,1-2,9,16-18,20-23,28-31H2,3-6H3/t35-,52-/m0/s1. The van der Waals surface area contributed by atoms with Crippen LogP contribution >= 0.6 is 11.6 Å². The lowest BCUT2D eigenvalue weighted by Crippen LogP contribution is -2.56. The highest BCUT2D eigenvalue weighted by molar-refractivity contribution is 6.36. The Morgan fingerprint density at radius 2 is 1.75 bits per heavy atom. The highest BCUT2D eigenvalue weighted by Crippen LogP contribution is 2.41. The first-order valence-electron chi connectivity index (χ1n) is 22.8. The maximum atomic E-state index is 14.3. The van der Waals surface area contributed by atoms with Crippen LogP contribution in [0.4, 0.5) is 11.5 Å². The average molecular weight is 953 g/mol. The maximum absolute atomic E-state index is 14.3. The molecule has 2 atom stereocenters. The Balaban J connectivity index is 0.937. The lowest BCUT2D eigenvalue weighted by Gasteiger charge is -2.42. The Hall–Kier alpha value is -7.35. The topological polar surface area (TPSA) is 171 Å². The monoisotopic (exact) mass is 951 g/mol. The van der Waals surface area contributed by atoms with Gasteiger partial charge in [0.25, 0.3) is 5.91 Å². The second-order valence-corrected chi connectivity index (χ2v) is 17.9. The molecule has 2 aromatic heterocycles. The summed E-state index contributed by atoms with van der Waals surface area (Å²) in [6, 6.07) is 22.8. The summed E-state index contributed by atoms with van der Waals surface area (Å²) in [5, 5.41) is 13.5. The van der Waals surface area contributed by atoms with Gasteiger partial charge in [0, 0.05) is 89.2 Å². The van der Waals surface area contributed by atoms with Crippen LogP contribution in [0.15, 0.2) is 90.1 Å². The number of hydrogen-bond acceptors (Lipinski definition) is 14. The van der Waals surface area contributed by atoms with Crippen molar-refractivity contribution in [1.82, 2.24) is 24.8 Å². The van der Waals surface area contributed by atoms with Crippen molar-refractivity contribution in [2.24, 2.45) is 4.99 Å². The Morgan fingerprint density at radius 3 is 2.46 bits per heavy atom. The van der Waals surface area contributed by atoms with Crippen molar-refractivity contribution in [1.29, 1.82) is 5.26 Å². The zero-order valence-corrected chi connectivity index (χ0v) is 40.0. The van der Waals surface area contributed by atoms with Gasteiger partial charge in [-0.15, -0.1) is 0 Å². The summed E-state index contributed by atoms with van der Waals surface area (Å²) >= 11 is 6.80. The van der Waals surface area contributed by atoms with Crippen LogP contribution in [-0.2, 0) is 17.8 Å². The third-order valence-electron chi connectivity index (χ3n) is 13.6. The van der Waals surface area contributed by atoms with E-state index >= 15 is 0 Å². The Labute approximate surface area is 405 Å². The van der Waals surface area contributed by atoms with E-state index in [2.05, 4.69) is 62.2 Å². The minimum atomic E-state index is -0.589. The summed E-state index contributed by atoms with van der Waals surface area (Å²) in [5.41, 5.74) is 3.94. The number of aliphatic imine (C=N–C) groups is 1. The number of carbonyl (C=O) groups is 2. The third-order valence-corrected chi connectivity index (χ3v) is 13.9. The number of carbonyl (C=O) groups excluding carboxylic acids is 2. The number of halogens is 1. The number of piperazine rings is 1. The molecule has 0 aliphatic carbocycles. The molecule has 0 unspecified atom stereocenters. The Bertz CT molecular complexity index is 2990. The molecule has 9 rings (SSSR count). The molecular weight excluding hydrogens is 898 g/mol. The molecule has 1 amide bonds. The molecule has 16 nitrogen and oxygen atoms in total. The van der Waals surface area contributed by atoms with Crippen LogP contribution in [0.5, 0.6) is 29.0 Å². The van der Waals surface area contributed by atoms with E-state index in [0.717, 1.165) is 58.0 Å². The van der Waals surface area contributed by atoms with Crippen molar-refractivity contribution < 1.29 is 33.3 Å². The Kier molecular flexibility index (Phi) is 13.3. The number of benzene rings is 4. The van der Waals surface area contributed by atoms with Gasteiger partial charge in [-0.2, -0.15) is 15.2 Å². The number of H-pyrrole nitrogens is 1. The maximum Gasteiger partial charge on any atom is 0.318 e. The van der Waals surface area contributed by atoms with Gasteiger partial charge >= 0.3 is 6.01 Å². The summed E-state index contributed by atoms with van der Waals surface area (Å²) in [7, 11) is 6.53. The molecule has 4 aromatic carbocycles. The van der Waals surface area contributed by atoms with E-state index in [4.69, 9.17) is 45.3 Å². The molecule has 1 N–H and O–H groups in total. The zero-order valence-electron chi connectivity index (χ0n) is 39.2. The van der Waals surface area contributed by atoms with Gasteiger partial charge in [-0.25, -0.2) is 0 Å². The zero-order chi connectivity index (χ0) is 48.4. The number of aromatic nitrogens is 3. The van der Waals surface area contributed by atoms with Crippen molar-refractivity contribution >= 4 is 63.2 Å². The molecule has 0 saturated carbocycles. The van der Waals surface area contributed by atoms with E-state index in [1.54, 1.807) is 36.4 Å². The van der Waals surface area contributed by atoms with E-state index < -0.39 is 11.7 Å². The number of anilines is 2. The van der Waals surface area contributed by atoms with Gasteiger partial charge in [0.05, 0.1) is 57.1 Å². The van der Waals surface area contributed by atoms with Crippen LogP contribution in [0.2, 0.25) is 5.02 Å². The minimum Gasteiger partial charge on any atom is -0.497 e. The fourth-order valence-corrected chi connectivity index (χ4v) is 10.1. The van der Waals surface area contributed by atoms with Crippen molar-refractivity contribution in [2.75, 3.05) is 84.1 Å². The van der Waals surface area contributed by atoms with Crippen LogP contribution in [0.3, 0.4) is 0 Å². The highest BCUT2D eigenvalue weighted by atomic mass is 35.5. The normalized spacial score (nSPS) is 18.1. The van der Waals surface area contributed by atoms with Crippen molar-refractivity contribution in [3.05, 3.63) is 112 Å². The number of fused-ring (bicyclic) bond motifs is 3. The molecule has 3 aliphatic rings. The number of nitrogens with zero attached hydrogens (tertiary/aromatic N) is 8. The summed E-state index contributed by atoms with van der Waals surface area (Å²) in [5.74, 6) is 1.45. The molecule has 5 heterocycles. The molecule has 69 heavy (non-hydrogen) atoms. The average Bonchev–Trinajstić information content (AvgIpc) is 3.98. The fraction of sp³-hybridized carbons (Fsp3) is 0.346. The molecule has 6 aromatic rings. The van der Waals surface area contributed by atoms with Gasteiger partial charge in [0.15, 0.2) is 17.3 Å². The molecule has 356 valence electrons. The minimum absolute atomic E-state index is 0.0730. The summed E-state index contributed by atoms with van der Waals surface area (Å²) in [6.07, 6.45) is 4.15. The smallest absolute Gasteiger partial charge is 0.318 e. The van der Waals surface area contributed by atoms with E-state index in [1.807, 2.05) is 37.4 Å². The number of amides is 1. The second-order valence-electron chi connectivity index (χ2n) is 17.5. The van der Waals surface area contributed by atoms with E-state index in [-0.39, 0.29) is 66.7 Å². The van der Waals surface area contributed by atoms with Crippen LogP contribution < -0.4 is 33.5 Å². The van der Waals surface area contributed by atoms with Crippen LogP contribution in [-0.4, -0.2) is 129 Å². The first-order chi connectivity index (χ1) is 33.5. The number of aromatic amines is 1. The lowest BCUT2D eigenvalue weighted by atomic mass is 10.0. The number of rotatable bonds is 16. The van der Waals surface area contributed by atoms with Gasteiger partial charge in [0.1, 0.15) is 30.4 Å². The van der Waals surface area contributed by atoms with Gasteiger partial charge < -0.3 is 43.4 Å². The second kappa shape index (κ2) is 19.7. The number of methoxy groups -OCH3 is 3. The van der Waals surface area contributed by atoms with E-state index in [9.17, 15) is 14.9 Å².